The molecule has 1 aromatic heterocycles. The van der Waals surface area contributed by atoms with Gasteiger partial charge in [-0.2, -0.15) is 0 Å². The van der Waals surface area contributed by atoms with Crippen LogP contribution in [0.2, 0.25) is 0 Å². The molecular formula is C24H27N3O4. The standard InChI is InChI=1S/C24H27N3O4/c1-29-19-8-9-20(21(16-19)30-2)22-17-25-23(31-22)10-11-24(28)27-14-12-26(13-15-27)18-6-4-3-5-7-18/h3-9,16-17H,10-15H2,1-2H3. The van der Waals surface area contributed by atoms with E-state index in [1.165, 1.54) is 5.69 Å². The average molecular weight is 421 g/mol. The maximum Gasteiger partial charge on any atom is 0.223 e. The third kappa shape index (κ3) is 4.82. The Morgan fingerprint density at radius 1 is 1.03 bits per heavy atom. The summed E-state index contributed by atoms with van der Waals surface area (Å²) >= 11 is 0. The van der Waals surface area contributed by atoms with E-state index in [0.717, 1.165) is 31.7 Å². The predicted octanol–water partition coefficient (Wildman–Crippen LogP) is 3.64. The summed E-state index contributed by atoms with van der Waals surface area (Å²) in [4.78, 5) is 21.3. The lowest BCUT2D eigenvalue weighted by Gasteiger charge is -2.36. The molecule has 0 N–H and O–H groups in total. The van der Waals surface area contributed by atoms with Gasteiger partial charge in [-0.25, -0.2) is 4.98 Å². The van der Waals surface area contributed by atoms with Crippen LogP contribution in [0, 0.1) is 0 Å². The molecule has 1 saturated heterocycles. The van der Waals surface area contributed by atoms with Gasteiger partial charge in [0.15, 0.2) is 11.7 Å². The van der Waals surface area contributed by atoms with Crippen molar-refractivity contribution in [3.05, 3.63) is 60.6 Å². The highest BCUT2D eigenvalue weighted by molar-refractivity contribution is 5.76. The van der Waals surface area contributed by atoms with Crippen LogP contribution in [0.15, 0.2) is 59.1 Å². The van der Waals surface area contributed by atoms with E-state index in [9.17, 15) is 4.79 Å². The van der Waals surface area contributed by atoms with E-state index in [0.29, 0.717) is 36.0 Å². The molecule has 0 bridgehead atoms. The minimum atomic E-state index is 0.134. The molecule has 0 atom stereocenters. The molecule has 3 aromatic rings. The van der Waals surface area contributed by atoms with Gasteiger partial charge in [0.05, 0.1) is 26.0 Å². The Balaban J connectivity index is 1.31. The maximum absolute atomic E-state index is 12.7. The van der Waals surface area contributed by atoms with Crippen molar-refractivity contribution < 1.29 is 18.7 Å². The van der Waals surface area contributed by atoms with Crippen LogP contribution in [0.25, 0.3) is 11.3 Å². The van der Waals surface area contributed by atoms with E-state index in [1.54, 1.807) is 26.5 Å². The first-order valence-electron chi connectivity index (χ1n) is 10.4. The second-order valence-electron chi connectivity index (χ2n) is 7.39. The van der Waals surface area contributed by atoms with Crippen molar-refractivity contribution in [2.45, 2.75) is 12.8 Å². The fourth-order valence-electron chi connectivity index (χ4n) is 3.78. The zero-order valence-electron chi connectivity index (χ0n) is 17.9. The lowest BCUT2D eigenvalue weighted by atomic mass is 10.1. The highest BCUT2D eigenvalue weighted by Gasteiger charge is 2.22. The maximum atomic E-state index is 12.7. The Morgan fingerprint density at radius 2 is 1.81 bits per heavy atom. The molecule has 0 unspecified atom stereocenters. The normalized spacial score (nSPS) is 13.9. The lowest BCUT2D eigenvalue weighted by Crippen LogP contribution is -2.48. The number of carbonyl (C=O) groups excluding carboxylic acids is 1. The van der Waals surface area contributed by atoms with Crippen LogP contribution in [0.3, 0.4) is 0 Å². The van der Waals surface area contributed by atoms with Gasteiger partial charge in [-0.15, -0.1) is 0 Å². The SMILES string of the molecule is COc1ccc(-c2cnc(CCC(=O)N3CCN(c4ccccc4)CC3)o2)c(OC)c1. The van der Waals surface area contributed by atoms with Gasteiger partial charge in [0.1, 0.15) is 11.5 Å². The second kappa shape index (κ2) is 9.55. The van der Waals surface area contributed by atoms with Crippen molar-refractivity contribution in [3.63, 3.8) is 0 Å². The van der Waals surface area contributed by atoms with Crippen LogP contribution in [-0.2, 0) is 11.2 Å². The van der Waals surface area contributed by atoms with Gasteiger partial charge in [-0.1, -0.05) is 18.2 Å². The number of rotatable bonds is 7. The summed E-state index contributed by atoms with van der Waals surface area (Å²) in [6, 6.07) is 15.8. The van der Waals surface area contributed by atoms with Crippen LogP contribution in [0.4, 0.5) is 5.69 Å². The van der Waals surface area contributed by atoms with Crippen LogP contribution in [0.5, 0.6) is 11.5 Å². The number of amides is 1. The first-order valence-corrected chi connectivity index (χ1v) is 10.4. The summed E-state index contributed by atoms with van der Waals surface area (Å²) in [5.74, 6) is 2.64. The largest absolute Gasteiger partial charge is 0.497 e. The molecule has 31 heavy (non-hydrogen) atoms. The molecule has 2 aromatic carbocycles. The van der Waals surface area contributed by atoms with Crippen molar-refractivity contribution in [1.82, 2.24) is 9.88 Å². The van der Waals surface area contributed by atoms with Crippen molar-refractivity contribution in [2.75, 3.05) is 45.3 Å². The minimum absolute atomic E-state index is 0.134. The molecular weight excluding hydrogens is 394 g/mol. The predicted molar refractivity (Wildman–Crippen MR) is 119 cm³/mol. The number of hydrogen-bond acceptors (Lipinski definition) is 6. The number of oxazole rings is 1. The second-order valence-corrected chi connectivity index (χ2v) is 7.39. The topological polar surface area (TPSA) is 68.0 Å². The number of anilines is 1. The molecule has 162 valence electrons. The molecule has 4 rings (SSSR count). The summed E-state index contributed by atoms with van der Waals surface area (Å²) in [6.07, 6.45) is 2.52. The molecule has 0 aliphatic carbocycles. The highest BCUT2D eigenvalue weighted by Crippen LogP contribution is 2.33. The summed E-state index contributed by atoms with van der Waals surface area (Å²) in [5, 5.41) is 0. The van der Waals surface area contributed by atoms with Crippen molar-refractivity contribution in [1.29, 1.82) is 0 Å². The molecule has 1 fully saturated rings. The summed E-state index contributed by atoms with van der Waals surface area (Å²) in [6.45, 7) is 3.15. The van der Waals surface area contributed by atoms with E-state index in [-0.39, 0.29) is 5.91 Å². The number of methoxy groups -OCH3 is 2. The molecule has 0 radical (unpaired) electrons. The van der Waals surface area contributed by atoms with Crippen molar-refractivity contribution >= 4 is 11.6 Å². The number of aromatic nitrogens is 1. The van der Waals surface area contributed by atoms with Crippen LogP contribution < -0.4 is 14.4 Å². The average Bonchev–Trinajstić information content (AvgIpc) is 3.31. The number of benzene rings is 2. The van der Waals surface area contributed by atoms with Crippen molar-refractivity contribution in [3.8, 4) is 22.8 Å². The van der Waals surface area contributed by atoms with Crippen LogP contribution >= 0.6 is 0 Å². The van der Waals surface area contributed by atoms with E-state index in [1.807, 2.05) is 35.2 Å². The first-order chi connectivity index (χ1) is 15.2. The summed E-state index contributed by atoms with van der Waals surface area (Å²) < 4.78 is 16.6. The Labute approximate surface area is 182 Å². The summed E-state index contributed by atoms with van der Waals surface area (Å²) in [7, 11) is 3.21. The van der Waals surface area contributed by atoms with Gasteiger partial charge in [0.25, 0.3) is 0 Å². The number of para-hydroxylation sites is 1. The molecule has 7 nitrogen and oxygen atoms in total. The van der Waals surface area contributed by atoms with Gasteiger partial charge >= 0.3 is 0 Å². The monoisotopic (exact) mass is 421 g/mol. The zero-order valence-corrected chi connectivity index (χ0v) is 17.9. The minimum Gasteiger partial charge on any atom is -0.497 e. The van der Waals surface area contributed by atoms with Gasteiger partial charge in [0.2, 0.25) is 5.91 Å². The molecule has 7 heteroatoms. The number of ether oxygens (including phenoxy) is 2. The highest BCUT2D eigenvalue weighted by atomic mass is 16.5. The first kappa shape index (κ1) is 20.8. The van der Waals surface area contributed by atoms with E-state index in [4.69, 9.17) is 13.9 Å². The van der Waals surface area contributed by atoms with Gasteiger partial charge < -0.3 is 23.7 Å². The number of piperazine rings is 1. The Hall–Kier alpha value is -3.48. The Bertz CT molecular complexity index is 1010. The number of hydrogen-bond donors (Lipinski definition) is 0. The quantitative estimate of drug-likeness (QED) is 0.580. The molecule has 0 spiro atoms. The summed E-state index contributed by atoms with van der Waals surface area (Å²) in [5.41, 5.74) is 2.00. The third-order valence-electron chi connectivity index (χ3n) is 5.53. The Kier molecular flexibility index (Phi) is 6.40. The van der Waals surface area contributed by atoms with E-state index >= 15 is 0 Å². The fourth-order valence-corrected chi connectivity index (χ4v) is 3.78. The van der Waals surface area contributed by atoms with E-state index < -0.39 is 0 Å². The smallest absolute Gasteiger partial charge is 0.223 e. The molecule has 1 amide bonds. The molecule has 0 saturated carbocycles. The number of carbonyl (C=O) groups is 1. The third-order valence-corrected chi connectivity index (χ3v) is 5.53. The lowest BCUT2D eigenvalue weighted by molar-refractivity contribution is -0.131. The molecule has 1 aliphatic heterocycles. The Morgan fingerprint density at radius 3 is 2.52 bits per heavy atom. The molecule has 2 heterocycles. The zero-order chi connectivity index (χ0) is 21.6. The fraction of sp³-hybridized carbons (Fsp3) is 0.333. The van der Waals surface area contributed by atoms with Gasteiger partial charge in [0, 0.05) is 50.8 Å². The van der Waals surface area contributed by atoms with Crippen molar-refractivity contribution in [2.24, 2.45) is 0 Å². The van der Waals surface area contributed by atoms with Crippen LogP contribution in [0.1, 0.15) is 12.3 Å². The van der Waals surface area contributed by atoms with E-state index in [2.05, 4.69) is 22.0 Å². The van der Waals surface area contributed by atoms with Gasteiger partial charge in [-0.05, 0) is 24.3 Å². The van der Waals surface area contributed by atoms with Crippen LogP contribution in [-0.4, -0.2) is 56.2 Å². The molecule has 1 aliphatic rings. The number of nitrogens with zero attached hydrogens (tertiary/aromatic N) is 3. The number of aryl methyl sites for hydroxylation is 1. The van der Waals surface area contributed by atoms with Gasteiger partial charge in [-0.3, -0.25) is 4.79 Å².